The molecule has 44 valence electrons. The van der Waals surface area contributed by atoms with Crippen molar-refractivity contribution in [2.45, 2.75) is 0 Å². The standard InChI is InChI=1S/C5H6ClNS/c1-7-4-2-5(6)8-3-4/h2-3,7H,1H3. The Morgan fingerprint density at radius 3 is 2.75 bits per heavy atom. The molecule has 0 radical (unpaired) electrons. The van der Waals surface area contributed by atoms with Crippen molar-refractivity contribution in [1.82, 2.24) is 0 Å². The largest absolute Gasteiger partial charge is 0.387 e. The molecule has 3 heteroatoms. The Labute approximate surface area is 57.3 Å². The fraction of sp³-hybridized carbons (Fsp3) is 0.200. The number of anilines is 1. The number of rotatable bonds is 1. The van der Waals surface area contributed by atoms with E-state index in [9.17, 15) is 0 Å². The molecule has 0 fully saturated rings. The van der Waals surface area contributed by atoms with Gasteiger partial charge in [-0.2, -0.15) is 0 Å². The van der Waals surface area contributed by atoms with E-state index in [1.807, 2.05) is 18.5 Å². The second-order valence-corrected chi connectivity index (χ2v) is 2.93. The van der Waals surface area contributed by atoms with Gasteiger partial charge in [0.05, 0.1) is 4.34 Å². The SMILES string of the molecule is CNc1csc(Cl)c1. The van der Waals surface area contributed by atoms with Crippen LogP contribution in [0.5, 0.6) is 0 Å². The first-order chi connectivity index (χ1) is 3.83. The molecule has 0 aliphatic carbocycles. The molecule has 0 saturated carbocycles. The molecule has 0 bridgehead atoms. The monoisotopic (exact) mass is 147 g/mol. The molecule has 1 aromatic heterocycles. The summed E-state index contributed by atoms with van der Waals surface area (Å²) in [7, 11) is 1.87. The van der Waals surface area contributed by atoms with Gasteiger partial charge in [-0.25, -0.2) is 0 Å². The molecular weight excluding hydrogens is 142 g/mol. The fourth-order valence-electron chi connectivity index (χ4n) is 0.441. The van der Waals surface area contributed by atoms with Crippen molar-refractivity contribution in [2.24, 2.45) is 0 Å². The summed E-state index contributed by atoms with van der Waals surface area (Å²) in [5.74, 6) is 0. The average molecular weight is 148 g/mol. The van der Waals surface area contributed by atoms with Crippen LogP contribution < -0.4 is 5.32 Å². The van der Waals surface area contributed by atoms with E-state index in [1.54, 1.807) is 0 Å². The second-order valence-electron chi connectivity index (χ2n) is 1.39. The van der Waals surface area contributed by atoms with Gasteiger partial charge < -0.3 is 5.32 Å². The van der Waals surface area contributed by atoms with Gasteiger partial charge in [0.15, 0.2) is 0 Å². The Bertz CT molecular complexity index is 173. The lowest BCUT2D eigenvalue weighted by Gasteiger charge is -1.86. The van der Waals surface area contributed by atoms with Crippen LogP contribution >= 0.6 is 22.9 Å². The molecular formula is C5H6ClNS. The number of nitrogens with one attached hydrogen (secondary N) is 1. The van der Waals surface area contributed by atoms with Crippen molar-refractivity contribution in [3.8, 4) is 0 Å². The van der Waals surface area contributed by atoms with Crippen LogP contribution in [-0.4, -0.2) is 7.05 Å². The summed E-state index contributed by atoms with van der Waals surface area (Å²) in [5, 5.41) is 4.95. The predicted octanol–water partition coefficient (Wildman–Crippen LogP) is 2.44. The smallest absolute Gasteiger partial charge is 0.0949 e. The molecule has 0 spiro atoms. The molecule has 1 nitrogen and oxygen atoms in total. The van der Waals surface area contributed by atoms with E-state index in [0.717, 1.165) is 10.0 Å². The minimum atomic E-state index is 0.828. The highest BCUT2D eigenvalue weighted by Gasteiger charge is 1.90. The van der Waals surface area contributed by atoms with Gasteiger partial charge >= 0.3 is 0 Å². The van der Waals surface area contributed by atoms with Gasteiger partial charge in [0.25, 0.3) is 0 Å². The molecule has 0 atom stereocenters. The van der Waals surface area contributed by atoms with Crippen LogP contribution in [0.25, 0.3) is 0 Å². The van der Waals surface area contributed by atoms with Crippen LogP contribution in [0, 0.1) is 0 Å². The molecule has 1 rings (SSSR count). The van der Waals surface area contributed by atoms with Crippen LogP contribution in [0.3, 0.4) is 0 Å². The third-order valence-electron chi connectivity index (χ3n) is 0.856. The minimum Gasteiger partial charge on any atom is -0.387 e. The van der Waals surface area contributed by atoms with Crippen LogP contribution in [0.4, 0.5) is 5.69 Å². The first-order valence-electron chi connectivity index (χ1n) is 2.24. The maximum atomic E-state index is 5.62. The first kappa shape index (κ1) is 5.92. The molecule has 1 heterocycles. The summed E-state index contributed by atoms with van der Waals surface area (Å²) in [6, 6.07) is 1.90. The van der Waals surface area contributed by atoms with Gasteiger partial charge in [0.1, 0.15) is 0 Å². The molecule has 1 aromatic rings. The van der Waals surface area contributed by atoms with E-state index in [0.29, 0.717) is 0 Å². The van der Waals surface area contributed by atoms with Crippen molar-refractivity contribution in [1.29, 1.82) is 0 Å². The lowest BCUT2D eigenvalue weighted by molar-refractivity contribution is 1.56. The molecule has 0 aliphatic rings. The number of thiophene rings is 1. The molecule has 0 unspecified atom stereocenters. The molecule has 8 heavy (non-hydrogen) atoms. The lowest BCUT2D eigenvalue weighted by Crippen LogP contribution is -1.81. The maximum absolute atomic E-state index is 5.62. The number of halogens is 1. The van der Waals surface area contributed by atoms with E-state index in [2.05, 4.69) is 5.32 Å². The normalized spacial score (nSPS) is 9.25. The highest BCUT2D eigenvalue weighted by Crippen LogP contribution is 2.22. The number of hydrogen-bond acceptors (Lipinski definition) is 2. The van der Waals surface area contributed by atoms with E-state index >= 15 is 0 Å². The van der Waals surface area contributed by atoms with Gasteiger partial charge in [-0.15, -0.1) is 11.3 Å². The Balaban J connectivity index is 2.84. The Morgan fingerprint density at radius 1 is 1.75 bits per heavy atom. The van der Waals surface area contributed by atoms with E-state index in [1.165, 1.54) is 11.3 Å². The molecule has 0 aliphatic heterocycles. The molecule has 0 saturated heterocycles. The van der Waals surface area contributed by atoms with Gasteiger partial charge in [0, 0.05) is 18.1 Å². The van der Waals surface area contributed by atoms with Crippen molar-refractivity contribution in [2.75, 3.05) is 12.4 Å². The van der Waals surface area contributed by atoms with Crippen molar-refractivity contribution in [3.63, 3.8) is 0 Å². The molecule has 1 N–H and O–H groups in total. The first-order valence-corrected chi connectivity index (χ1v) is 3.50. The zero-order chi connectivity index (χ0) is 5.98. The fourth-order valence-corrected chi connectivity index (χ4v) is 1.31. The Hall–Kier alpha value is -0.210. The van der Waals surface area contributed by atoms with Crippen molar-refractivity contribution >= 4 is 28.6 Å². The third-order valence-corrected chi connectivity index (χ3v) is 1.95. The van der Waals surface area contributed by atoms with Crippen LogP contribution in [0.15, 0.2) is 11.4 Å². The van der Waals surface area contributed by atoms with Crippen LogP contribution in [0.2, 0.25) is 4.34 Å². The summed E-state index contributed by atoms with van der Waals surface area (Å²) in [5.41, 5.74) is 1.08. The lowest BCUT2D eigenvalue weighted by atomic mass is 10.5. The van der Waals surface area contributed by atoms with Crippen LogP contribution in [-0.2, 0) is 0 Å². The summed E-state index contributed by atoms with van der Waals surface area (Å²) >= 11 is 7.15. The van der Waals surface area contributed by atoms with Gasteiger partial charge in [-0.05, 0) is 6.07 Å². The van der Waals surface area contributed by atoms with Gasteiger partial charge in [-0.1, -0.05) is 11.6 Å². The van der Waals surface area contributed by atoms with Crippen molar-refractivity contribution in [3.05, 3.63) is 15.8 Å². The number of hydrogen-bond donors (Lipinski definition) is 1. The van der Waals surface area contributed by atoms with Gasteiger partial charge in [0.2, 0.25) is 0 Å². The summed E-state index contributed by atoms with van der Waals surface area (Å²) in [4.78, 5) is 0. The second kappa shape index (κ2) is 2.37. The summed E-state index contributed by atoms with van der Waals surface area (Å²) < 4.78 is 0.828. The summed E-state index contributed by atoms with van der Waals surface area (Å²) in [6.07, 6.45) is 0. The van der Waals surface area contributed by atoms with Gasteiger partial charge in [-0.3, -0.25) is 0 Å². The quantitative estimate of drug-likeness (QED) is 0.644. The zero-order valence-electron chi connectivity index (χ0n) is 4.44. The minimum absolute atomic E-state index is 0.828. The topological polar surface area (TPSA) is 12.0 Å². The third kappa shape index (κ3) is 1.14. The predicted molar refractivity (Wildman–Crippen MR) is 38.9 cm³/mol. The zero-order valence-corrected chi connectivity index (χ0v) is 6.01. The highest BCUT2D eigenvalue weighted by atomic mass is 35.5. The van der Waals surface area contributed by atoms with E-state index in [4.69, 9.17) is 11.6 Å². The Kier molecular flexibility index (Phi) is 1.76. The van der Waals surface area contributed by atoms with Crippen molar-refractivity contribution < 1.29 is 0 Å². The summed E-state index contributed by atoms with van der Waals surface area (Å²) in [6.45, 7) is 0. The highest BCUT2D eigenvalue weighted by molar-refractivity contribution is 7.14. The van der Waals surface area contributed by atoms with E-state index in [-0.39, 0.29) is 0 Å². The molecule has 0 aromatic carbocycles. The maximum Gasteiger partial charge on any atom is 0.0949 e. The Morgan fingerprint density at radius 2 is 2.50 bits per heavy atom. The van der Waals surface area contributed by atoms with Crippen LogP contribution in [0.1, 0.15) is 0 Å². The van der Waals surface area contributed by atoms with E-state index < -0.39 is 0 Å². The molecule has 0 amide bonds. The average Bonchev–Trinajstić information content (AvgIpc) is 2.14.